The van der Waals surface area contributed by atoms with E-state index in [2.05, 4.69) is 4.74 Å². The first-order valence-electron chi connectivity index (χ1n) is 4.37. The molecule has 1 aromatic carbocycles. The van der Waals surface area contributed by atoms with Crippen LogP contribution in [0.15, 0.2) is 12.1 Å². The fourth-order valence-corrected chi connectivity index (χ4v) is 1.19. The van der Waals surface area contributed by atoms with Crippen LogP contribution in [0.1, 0.15) is 5.56 Å². The maximum absolute atomic E-state index is 13.2. The van der Waals surface area contributed by atoms with Gasteiger partial charge in [-0.05, 0) is 0 Å². The summed E-state index contributed by atoms with van der Waals surface area (Å²) >= 11 is 0. The first kappa shape index (κ1) is 13.4. The minimum Gasteiger partial charge on any atom is -0.496 e. The zero-order chi connectivity index (χ0) is 13.2. The molecule has 0 saturated carbocycles. The lowest BCUT2D eigenvalue weighted by molar-refractivity contribution is -0.170. The lowest BCUT2D eigenvalue weighted by Gasteiger charge is -2.10. The molecule has 0 heterocycles. The molecule has 1 aromatic rings. The number of ether oxygens (including phenoxy) is 1. The molecule has 94 valence electrons. The Labute approximate surface area is 93.0 Å². The molecule has 0 aromatic heterocycles. The van der Waals surface area contributed by atoms with Gasteiger partial charge in [-0.2, -0.15) is 13.2 Å². The van der Waals surface area contributed by atoms with Gasteiger partial charge in [-0.1, -0.05) is 0 Å². The van der Waals surface area contributed by atoms with Crippen molar-refractivity contribution in [3.63, 3.8) is 0 Å². The molecule has 0 fully saturated rings. The fourth-order valence-electron chi connectivity index (χ4n) is 1.19. The minimum absolute atomic E-state index is 0.390. The molecule has 0 spiro atoms. The molecule has 0 aliphatic carbocycles. The van der Waals surface area contributed by atoms with E-state index in [4.69, 9.17) is 0 Å². The van der Waals surface area contributed by atoms with Crippen molar-refractivity contribution in [2.75, 3.05) is 7.11 Å². The van der Waals surface area contributed by atoms with Crippen LogP contribution in [0, 0.1) is 11.6 Å². The number of benzene rings is 1. The fraction of sp³-hybridized carbons (Fsp3) is 0.300. The van der Waals surface area contributed by atoms with Crippen molar-refractivity contribution >= 4 is 5.78 Å². The summed E-state index contributed by atoms with van der Waals surface area (Å²) in [5, 5.41) is 0. The number of methoxy groups -OCH3 is 1. The lowest BCUT2D eigenvalue weighted by atomic mass is 10.1. The van der Waals surface area contributed by atoms with E-state index < -0.39 is 41.3 Å². The smallest absolute Gasteiger partial charge is 0.450 e. The molecule has 0 aliphatic rings. The van der Waals surface area contributed by atoms with Crippen LogP contribution in [-0.2, 0) is 11.2 Å². The van der Waals surface area contributed by atoms with Gasteiger partial charge in [0.1, 0.15) is 17.4 Å². The monoisotopic (exact) mass is 254 g/mol. The number of alkyl halides is 3. The van der Waals surface area contributed by atoms with E-state index in [1.807, 2.05) is 0 Å². The molecule has 1 rings (SSSR count). The van der Waals surface area contributed by atoms with Crippen LogP contribution in [0.4, 0.5) is 22.0 Å². The highest BCUT2D eigenvalue weighted by Gasteiger charge is 2.38. The number of hydrogen-bond acceptors (Lipinski definition) is 2. The molecule has 0 unspecified atom stereocenters. The number of hydrogen-bond donors (Lipinski definition) is 0. The van der Waals surface area contributed by atoms with Crippen LogP contribution >= 0.6 is 0 Å². The second kappa shape index (κ2) is 4.68. The Morgan fingerprint density at radius 1 is 1.29 bits per heavy atom. The summed E-state index contributed by atoms with van der Waals surface area (Å²) in [5.41, 5.74) is -0.615. The molecule has 2 nitrogen and oxygen atoms in total. The van der Waals surface area contributed by atoms with Crippen molar-refractivity contribution in [3.8, 4) is 5.75 Å². The average molecular weight is 254 g/mol. The van der Waals surface area contributed by atoms with Crippen molar-refractivity contribution in [1.29, 1.82) is 0 Å². The first-order valence-corrected chi connectivity index (χ1v) is 4.37. The molecule has 0 radical (unpaired) electrons. The van der Waals surface area contributed by atoms with Gasteiger partial charge in [-0.3, -0.25) is 4.79 Å². The van der Waals surface area contributed by atoms with Crippen LogP contribution in [0.3, 0.4) is 0 Å². The molecular weight excluding hydrogens is 247 g/mol. The molecule has 0 aliphatic heterocycles. The highest BCUT2D eigenvalue weighted by atomic mass is 19.4. The number of carbonyl (C=O) groups excluding carboxylic acids is 1. The first-order chi connectivity index (χ1) is 7.75. The van der Waals surface area contributed by atoms with E-state index >= 15 is 0 Å². The van der Waals surface area contributed by atoms with E-state index in [1.165, 1.54) is 0 Å². The van der Waals surface area contributed by atoms with Crippen LogP contribution in [-0.4, -0.2) is 19.1 Å². The summed E-state index contributed by atoms with van der Waals surface area (Å²) in [6.45, 7) is 0. The van der Waals surface area contributed by atoms with Gasteiger partial charge in [-0.15, -0.1) is 0 Å². The molecule has 0 bridgehead atoms. The topological polar surface area (TPSA) is 26.3 Å². The maximum atomic E-state index is 13.2. The van der Waals surface area contributed by atoms with E-state index in [9.17, 15) is 26.7 Å². The SMILES string of the molecule is COc1cc(F)cc(F)c1CC(=O)C(F)(F)F. The number of ketones is 1. The third kappa shape index (κ3) is 3.15. The Bertz CT molecular complexity index is 439. The summed E-state index contributed by atoms with van der Waals surface area (Å²) in [7, 11) is 1.04. The molecule has 0 N–H and O–H groups in total. The highest BCUT2D eigenvalue weighted by molar-refractivity contribution is 5.86. The quantitative estimate of drug-likeness (QED) is 0.775. The summed E-state index contributed by atoms with van der Waals surface area (Å²) < 4.78 is 66.5. The zero-order valence-electron chi connectivity index (χ0n) is 8.57. The molecule has 0 amide bonds. The van der Waals surface area contributed by atoms with Gasteiger partial charge in [0, 0.05) is 24.1 Å². The van der Waals surface area contributed by atoms with E-state index in [0.717, 1.165) is 7.11 Å². The van der Waals surface area contributed by atoms with Gasteiger partial charge < -0.3 is 4.74 Å². The molecule has 0 saturated heterocycles. The van der Waals surface area contributed by atoms with Gasteiger partial charge in [0.2, 0.25) is 5.78 Å². The van der Waals surface area contributed by atoms with E-state index in [1.54, 1.807) is 0 Å². The Hall–Kier alpha value is -1.66. The maximum Gasteiger partial charge on any atom is 0.450 e. The van der Waals surface area contributed by atoms with E-state index in [-0.39, 0.29) is 0 Å². The third-order valence-electron chi connectivity index (χ3n) is 1.99. The van der Waals surface area contributed by atoms with Crippen LogP contribution in [0.5, 0.6) is 5.75 Å². The average Bonchev–Trinajstić information content (AvgIpc) is 2.19. The van der Waals surface area contributed by atoms with Crippen molar-refractivity contribution in [3.05, 3.63) is 29.3 Å². The van der Waals surface area contributed by atoms with E-state index in [0.29, 0.717) is 12.1 Å². The van der Waals surface area contributed by atoms with Gasteiger partial charge in [-0.25, -0.2) is 8.78 Å². The molecule has 0 atom stereocenters. The normalized spacial score (nSPS) is 11.4. The molecule has 7 heteroatoms. The Balaban J connectivity index is 3.10. The largest absolute Gasteiger partial charge is 0.496 e. The predicted molar refractivity (Wildman–Crippen MR) is 47.7 cm³/mol. The second-order valence-electron chi connectivity index (χ2n) is 3.17. The van der Waals surface area contributed by atoms with Gasteiger partial charge >= 0.3 is 6.18 Å². The summed E-state index contributed by atoms with van der Waals surface area (Å²) in [6, 6.07) is 1.10. The van der Waals surface area contributed by atoms with Crippen molar-refractivity contribution in [2.45, 2.75) is 12.6 Å². The predicted octanol–water partition coefficient (Wildman–Crippen LogP) is 2.65. The second-order valence-corrected chi connectivity index (χ2v) is 3.17. The van der Waals surface area contributed by atoms with Crippen LogP contribution in [0.25, 0.3) is 0 Å². The van der Waals surface area contributed by atoms with Gasteiger partial charge in [0.05, 0.1) is 7.11 Å². The van der Waals surface area contributed by atoms with Crippen molar-refractivity contribution in [1.82, 2.24) is 0 Å². The Kier molecular flexibility index (Phi) is 3.69. The van der Waals surface area contributed by atoms with Gasteiger partial charge in [0.25, 0.3) is 0 Å². The van der Waals surface area contributed by atoms with Crippen molar-refractivity contribution < 1.29 is 31.5 Å². The number of rotatable bonds is 3. The third-order valence-corrected chi connectivity index (χ3v) is 1.99. The number of halogens is 5. The molecular formula is C10H7F5O2. The summed E-state index contributed by atoms with van der Waals surface area (Å²) in [5.74, 6) is -4.80. The van der Waals surface area contributed by atoms with Crippen LogP contribution in [0.2, 0.25) is 0 Å². The van der Waals surface area contributed by atoms with Gasteiger partial charge in [0.15, 0.2) is 0 Å². The molecule has 17 heavy (non-hydrogen) atoms. The zero-order valence-corrected chi connectivity index (χ0v) is 8.57. The Morgan fingerprint density at radius 2 is 1.88 bits per heavy atom. The number of Topliss-reactive ketones (excluding diaryl/α,β-unsaturated/α-hetero) is 1. The highest BCUT2D eigenvalue weighted by Crippen LogP contribution is 2.27. The van der Waals surface area contributed by atoms with Crippen molar-refractivity contribution in [2.24, 2.45) is 0 Å². The number of carbonyl (C=O) groups is 1. The summed E-state index contributed by atoms with van der Waals surface area (Å²) in [6.07, 6.45) is -6.29. The lowest BCUT2D eigenvalue weighted by Crippen LogP contribution is -2.25. The Morgan fingerprint density at radius 3 is 2.35 bits per heavy atom. The minimum atomic E-state index is -5.06. The standard InChI is InChI=1S/C10H7F5O2/c1-17-8-3-5(11)2-7(12)6(8)4-9(16)10(13,14)15/h2-3H,4H2,1H3. The van der Waals surface area contributed by atoms with Crippen LogP contribution < -0.4 is 4.74 Å². The summed E-state index contributed by atoms with van der Waals surface area (Å²) in [4.78, 5) is 10.7.